The molecule has 0 heterocycles. The SMILES string of the molecule is CC[C@H](N)c1cc(C)ccc1O.Cl. The summed E-state index contributed by atoms with van der Waals surface area (Å²) in [6.07, 6.45) is 0.844. The van der Waals surface area contributed by atoms with E-state index >= 15 is 0 Å². The first-order valence-corrected chi connectivity index (χ1v) is 4.20. The molecule has 0 amide bonds. The second-order valence-corrected chi connectivity index (χ2v) is 3.08. The van der Waals surface area contributed by atoms with E-state index in [1.54, 1.807) is 6.07 Å². The number of aryl methyl sites for hydroxylation is 1. The fraction of sp³-hybridized carbons (Fsp3) is 0.400. The van der Waals surface area contributed by atoms with Crippen molar-refractivity contribution < 1.29 is 5.11 Å². The summed E-state index contributed by atoms with van der Waals surface area (Å²) < 4.78 is 0. The summed E-state index contributed by atoms with van der Waals surface area (Å²) >= 11 is 0. The molecule has 3 heteroatoms. The van der Waals surface area contributed by atoms with Crippen molar-refractivity contribution in [3.8, 4) is 5.75 Å². The van der Waals surface area contributed by atoms with Crippen LogP contribution in [0.4, 0.5) is 0 Å². The molecule has 0 aliphatic carbocycles. The number of nitrogens with two attached hydrogens (primary N) is 1. The topological polar surface area (TPSA) is 46.2 Å². The predicted octanol–water partition coefficient (Wildman–Crippen LogP) is 2.53. The molecule has 74 valence electrons. The molecule has 3 N–H and O–H groups in total. The van der Waals surface area contributed by atoms with Gasteiger partial charge in [0.25, 0.3) is 0 Å². The fourth-order valence-corrected chi connectivity index (χ4v) is 1.19. The zero-order valence-corrected chi connectivity index (χ0v) is 8.77. The van der Waals surface area contributed by atoms with E-state index in [0.29, 0.717) is 5.75 Å². The molecule has 0 spiro atoms. The quantitative estimate of drug-likeness (QED) is 0.773. The van der Waals surface area contributed by atoms with E-state index in [2.05, 4.69) is 0 Å². The van der Waals surface area contributed by atoms with Gasteiger partial charge in [-0.25, -0.2) is 0 Å². The van der Waals surface area contributed by atoms with E-state index in [9.17, 15) is 5.11 Å². The lowest BCUT2D eigenvalue weighted by Crippen LogP contribution is -2.08. The van der Waals surface area contributed by atoms with Gasteiger partial charge in [0, 0.05) is 11.6 Å². The van der Waals surface area contributed by atoms with Gasteiger partial charge in [-0.3, -0.25) is 0 Å². The average Bonchev–Trinajstić information content (AvgIpc) is 2.08. The van der Waals surface area contributed by atoms with E-state index < -0.39 is 0 Å². The highest BCUT2D eigenvalue weighted by molar-refractivity contribution is 5.85. The van der Waals surface area contributed by atoms with Crippen molar-refractivity contribution in [2.45, 2.75) is 26.3 Å². The van der Waals surface area contributed by atoms with Crippen molar-refractivity contribution >= 4 is 12.4 Å². The number of benzene rings is 1. The van der Waals surface area contributed by atoms with Crippen LogP contribution < -0.4 is 5.73 Å². The minimum absolute atomic E-state index is 0. The molecule has 0 aliphatic rings. The van der Waals surface area contributed by atoms with Gasteiger partial charge in [-0.15, -0.1) is 12.4 Å². The first-order valence-electron chi connectivity index (χ1n) is 4.20. The van der Waals surface area contributed by atoms with Crippen molar-refractivity contribution in [1.82, 2.24) is 0 Å². The maximum absolute atomic E-state index is 9.46. The average molecular weight is 202 g/mol. The lowest BCUT2D eigenvalue weighted by Gasteiger charge is -2.11. The molecule has 1 aromatic carbocycles. The van der Waals surface area contributed by atoms with E-state index in [4.69, 9.17) is 5.73 Å². The molecule has 0 saturated heterocycles. The highest BCUT2D eigenvalue weighted by atomic mass is 35.5. The predicted molar refractivity (Wildman–Crippen MR) is 57.3 cm³/mol. The number of phenols is 1. The molecule has 0 aliphatic heterocycles. The largest absolute Gasteiger partial charge is 0.508 e. The Morgan fingerprint density at radius 1 is 1.46 bits per heavy atom. The number of hydrogen-bond acceptors (Lipinski definition) is 2. The van der Waals surface area contributed by atoms with E-state index in [-0.39, 0.29) is 18.4 Å². The molecular weight excluding hydrogens is 186 g/mol. The zero-order chi connectivity index (χ0) is 9.14. The number of halogens is 1. The summed E-state index contributed by atoms with van der Waals surface area (Å²) in [6, 6.07) is 5.45. The van der Waals surface area contributed by atoms with Gasteiger partial charge < -0.3 is 10.8 Å². The summed E-state index contributed by atoms with van der Waals surface area (Å²) in [5.41, 5.74) is 7.78. The fourth-order valence-electron chi connectivity index (χ4n) is 1.19. The van der Waals surface area contributed by atoms with Crippen LogP contribution in [0.1, 0.15) is 30.5 Å². The Morgan fingerprint density at radius 2 is 2.08 bits per heavy atom. The normalized spacial score (nSPS) is 11.9. The number of hydrogen-bond donors (Lipinski definition) is 2. The number of aromatic hydroxyl groups is 1. The molecule has 2 nitrogen and oxygen atoms in total. The van der Waals surface area contributed by atoms with Gasteiger partial charge in [-0.1, -0.05) is 24.6 Å². The summed E-state index contributed by atoms with van der Waals surface area (Å²) in [5.74, 6) is 0.301. The Morgan fingerprint density at radius 3 is 2.62 bits per heavy atom. The third-order valence-corrected chi connectivity index (χ3v) is 2.02. The lowest BCUT2D eigenvalue weighted by molar-refractivity contribution is 0.460. The van der Waals surface area contributed by atoms with Crippen molar-refractivity contribution in [3.63, 3.8) is 0 Å². The summed E-state index contributed by atoms with van der Waals surface area (Å²) in [6.45, 7) is 4.00. The van der Waals surface area contributed by atoms with Gasteiger partial charge in [0.05, 0.1) is 0 Å². The molecule has 1 rings (SSSR count). The minimum atomic E-state index is -0.0510. The zero-order valence-electron chi connectivity index (χ0n) is 7.95. The Hall–Kier alpha value is -0.730. The molecule has 1 aromatic rings. The van der Waals surface area contributed by atoms with Gasteiger partial charge >= 0.3 is 0 Å². The van der Waals surface area contributed by atoms with Crippen LogP contribution in [0.3, 0.4) is 0 Å². The standard InChI is InChI=1S/C10H15NO.ClH/c1-3-9(11)8-6-7(2)4-5-10(8)12;/h4-6,9,12H,3,11H2,1-2H3;1H/t9-;/m0./s1. The summed E-state index contributed by atoms with van der Waals surface area (Å²) in [4.78, 5) is 0. The molecule has 0 saturated carbocycles. The number of phenolic OH excluding ortho intramolecular Hbond substituents is 1. The van der Waals surface area contributed by atoms with Gasteiger partial charge in [0.2, 0.25) is 0 Å². The van der Waals surface area contributed by atoms with E-state index in [0.717, 1.165) is 17.5 Å². The van der Waals surface area contributed by atoms with Gasteiger partial charge in [0.15, 0.2) is 0 Å². The van der Waals surface area contributed by atoms with Gasteiger partial charge in [0.1, 0.15) is 5.75 Å². The first-order chi connectivity index (χ1) is 5.65. The summed E-state index contributed by atoms with van der Waals surface area (Å²) in [5, 5.41) is 9.46. The Bertz CT molecular complexity index is 276. The third kappa shape index (κ3) is 2.90. The maximum atomic E-state index is 9.46. The van der Waals surface area contributed by atoms with Crippen molar-refractivity contribution in [2.24, 2.45) is 5.73 Å². The highest BCUT2D eigenvalue weighted by Crippen LogP contribution is 2.25. The summed E-state index contributed by atoms with van der Waals surface area (Å²) in [7, 11) is 0. The van der Waals surface area contributed by atoms with Crippen LogP contribution in [0, 0.1) is 6.92 Å². The smallest absolute Gasteiger partial charge is 0.120 e. The van der Waals surface area contributed by atoms with E-state index in [1.165, 1.54) is 0 Å². The molecule has 0 fully saturated rings. The molecule has 0 radical (unpaired) electrons. The molecule has 0 bridgehead atoms. The van der Waals surface area contributed by atoms with Crippen LogP contribution in [-0.2, 0) is 0 Å². The third-order valence-electron chi connectivity index (χ3n) is 2.02. The van der Waals surface area contributed by atoms with Crippen LogP contribution in [0.15, 0.2) is 18.2 Å². The van der Waals surface area contributed by atoms with Crippen LogP contribution in [0.2, 0.25) is 0 Å². The molecular formula is C10H16ClNO. The molecule has 1 atom stereocenters. The Labute approximate surface area is 85.2 Å². The minimum Gasteiger partial charge on any atom is -0.508 e. The second-order valence-electron chi connectivity index (χ2n) is 3.08. The van der Waals surface area contributed by atoms with Crippen LogP contribution in [0.25, 0.3) is 0 Å². The van der Waals surface area contributed by atoms with Gasteiger partial charge in [-0.05, 0) is 19.4 Å². The monoisotopic (exact) mass is 201 g/mol. The van der Waals surface area contributed by atoms with Crippen LogP contribution >= 0.6 is 12.4 Å². The lowest BCUT2D eigenvalue weighted by atomic mass is 10.0. The molecule has 0 unspecified atom stereocenters. The van der Waals surface area contributed by atoms with Crippen molar-refractivity contribution in [3.05, 3.63) is 29.3 Å². The van der Waals surface area contributed by atoms with Crippen molar-refractivity contribution in [1.29, 1.82) is 0 Å². The Kier molecular flexibility index (Phi) is 4.81. The second kappa shape index (κ2) is 5.10. The highest BCUT2D eigenvalue weighted by Gasteiger charge is 2.07. The molecule has 13 heavy (non-hydrogen) atoms. The maximum Gasteiger partial charge on any atom is 0.120 e. The van der Waals surface area contributed by atoms with Gasteiger partial charge in [-0.2, -0.15) is 0 Å². The van der Waals surface area contributed by atoms with E-state index in [1.807, 2.05) is 26.0 Å². The van der Waals surface area contributed by atoms with Crippen LogP contribution in [0.5, 0.6) is 5.75 Å². The number of rotatable bonds is 2. The van der Waals surface area contributed by atoms with Crippen LogP contribution in [-0.4, -0.2) is 5.11 Å². The van der Waals surface area contributed by atoms with Crippen molar-refractivity contribution in [2.75, 3.05) is 0 Å². The molecule has 0 aromatic heterocycles. The first kappa shape index (κ1) is 12.3. The Balaban J connectivity index is 0.00000144.